The second-order valence-corrected chi connectivity index (χ2v) is 2.65. The molecule has 0 aromatic carbocycles. The molecule has 4 heteroatoms. The number of esters is 2. The molecule has 13 heavy (non-hydrogen) atoms. The summed E-state index contributed by atoms with van der Waals surface area (Å²) in [5, 5.41) is 0. The van der Waals surface area contributed by atoms with Crippen LogP contribution in [-0.4, -0.2) is 25.2 Å². The maximum Gasteiger partial charge on any atom is 0.309 e. The maximum atomic E-state index is 10.9. The van der Waals surface area contributed by atoms with E-state index >= 15 is 0 Å². The zero-order valence-electron chi connectivity index (χ0n) is 8.33. The lowest BCUT2D eigenvalue weighted by Gasteiger charge is -2.13. The Morgan fingerprint density at radius 1 is 1.23 bits per heavy atom. The fourth-order valence-corrected chi connectivity index (χ4v) is 0.808. The van der Waals surface area contributed by atoms with Crippen LogP contribution in [0, 0.1) is 0 Å². The molecule has 76 valence electrons. The molecule has 0 aliphatic rings. The smallest absolute Gasteiger partial charge is 0.309 e. The van der Waals surface area contributed by atoms with Crippen molar-refractivity contribution in [1.82, 2.24) is 0 Å². The van der Waals surface area contributed by atoms with Crippen molar-refractivity contribution in [2.24, 2.45) is 0 Å². The number of hydrogen-bond acceptors (Lipinski definition) is 4. The van der Waals surface area contributed by atoms with Gasteiger partial charge in [0.15, 0.2) is 0 Å². The van der Waals surface area contributed by atoms with Crippen molar-refractivity contribution in [2.45, 2.75) is 39.2 Å². The topological polar surface area (TPSA) is 52.6 Å². The molecule has 0 aromatic rings. The lowest BCUT2D eigenvalue weighted by atomic mass is 10.2. The normalized spacial score (nSPS) is 11.9. The number of rotatable bonds is 5. The zero-order chi connectivity index (χ0) is 10.3. The highest BCUT2D eigenvalue weighted by Gasteiger charge is 2.15. The van der Waals surface area contributed by atoms with Crippen LogP contribution in [-0.2, 0) is 19.1 Å². The Balaban J connectivity index is 3.89. The largest absolute Gasteiger partial charge is 0.469 e. The third-order valence-electron chi connectivity index (χ3n) is 1.66. The SMILES string of the molecule is CCC(=O)OC(CC)CC(=O)OC. The van der Waals surface area contributed by atoms with Crippen LogP contribution in [0.15, 0.2) is 0 Å². The first kappa shape index (κ1) is 11.9. The van der Waals surface area contributed by atoms with Crippen molar-refractivity contribution in [3.63, 3.8) is 0 Å². The summed E-state index contributed by atoms with van der Waals surface area (Å²) in [7, 11) is 1.32. The molecule has 0 rings (SSSR count). The third-order valence-corrected chi connectivity index (χ3v) is 1.66. The van der Waals surface area contributed by atoms with Crippen LogP contribution in [0.1, 0.15) is 33.1 Å². The zero-order valence-corrected chi connectivity index (χ0v) is 8.33. The minimum Gasteiger partial charge on any atom is -0.469 e. The van der Waals surface area contributed by atoms with Gasteiger partial charge in [-0.1, -0.05) is 13.8 Å². The molecule has 0 aliphatic heterocycles. The molecule has 0 fully saturated rings. The molecule has 0 N–H and O–H groups in total. The molecule has 0 radical (unpaired) electrons. The van der Waals surface area contributed by atoms with Gasteiger partial charge in [0, 0.05) is 6.42 Å². The number of hydrogen-bond donors (Lipinski definition) is 0. The van der Waals surface area contributed by atoms with Gasteiger partial charge in [-0.25, -0.2) is 0 Å². The van der Waals surface area contributed by atoms with Gasteiger partial charge in [0.25, 0.3) is 0 Å². The van der Waals surface area contributed by atoms with Crippen LogP contribution in [0.5, 0.6) is 0 Å². The maximum absolute atomic E-state index is 10.9. The number of carbonyl (C=O) groups excluding carboxylic acids is 2. The van der Waals surface area contributed by atoms with Crippen LogP contribution in [0.4, 0.5) is 0 Å². The third kappa shape index (κ3) is 5.22. The molecule has 0 heterocycles. The second-order valence-electron chi connectivity index (χ2n) is 2.65. The van der Waals surface area contributed by atoms with E-state index in [1.165, 1.54) is 7.11 Å². The quantitative estimate of drug-likeness (QED) is 0.610. The van der Waals surface area contributed by atoms with E-state index in [9.17, 15) is 9.59 Å². The Kier molecular flexibility index (Phi) is 5.93. The van der Waals surface area contributed by atoms with E-state index in [-0.39, 0.29) is 24.5 Å². The molecule has 0 saturated heterocycles. The molecule has 4 nitrogen and oxygen atoms in total. The standard InChI is InChI=1S/C9H16O4/c1-4-7(6-9(11)12-3)13-8(10)5-2/h7H,4-6H2,1-3H3. The van der Waals surface area contributed by atoms with Gasteiger partial charge in [0.1, 0.15) is 6.10 Å². The minimum absolute atomic E-state index is 0.138. The van der Waals surface area contributed by atoms with Crippen LogP contribution >= 0.6 is 0 Å². The average Bonchev–Trinajstić information content (AvgIpc) is 2.16. The highest BCUT2D eigenvalue weighted by molar-refractivity contribution is 5.72. The van der Waals surface area contributed by atoms with Gasteiger partial charge in [-0.2, -0.15) is 0 Å². The van der Waals surface area contributed by atoms with E-state index in [0.717, 1.165) is 0 Å². The van der Waals surface area contributed by atoms with Gasteiger partial charge >= 0.3 is 11.9 Å². The first-order valence-corrected chi connectivity index (χ1v) is 4.40. The van der Waals surface area contributed by atoms with Crippen LogP contribution in [0.2, 0.25) is 0 Å². The summed E-state index contributed by atoms with van der Waals surface area (Å²) in [4.78, 5) is 21.7. The fourth-order valence-electron chi connectivity index (χ4n) is 0.808. The van der Waals surface area contributed by atoms with Crippen molar-refractivity contribution in [1.29, 1.82) is 0 Å². The molecule has 0 bridgehead atoms. The van der Waals surface area contributed by atoms with E-state index in [1.54, 1.807) is 6.92 Å². The predicted octanol–water partition coefficient (Wildman–Crippen LogP) is 1.28. The second kappa shape index (κ2) is 6.46. The van der Waals surface area contributed by atoms with Crippen molar-refractivity contribution in [2.75, 3.05) is 7.11 Å². The van der Waals surface area contributed by atoms with Gasteiger partial charge in [-0.05, 0) is 6.42 Å². The van der Waals surface area contributed by atoms with Crippen molar-refractivity contribution in [3.05, 3.63) is 0 Å². The lowest BCUT2D eigenvalue weighted by Crippen LogP contribution is -2.21. The monoisotopic (exact) mass is 188 g/mol. The lowest BCUT2D eigenvalue weighted by molar-refractivity contribution is -0.153. The average molecular weight is 188 g/mol. The van der Waals surface area contributed by atoms with E-state index in [4.69, 9.17) is 4.74 Å². The van der Waals surface area contributed by atoms with Gasteiger partial charge in [-0.15, -0.1) is 0 Å². The Hall–Kier alpha value is -1.06. The Morgan fingerprint density at radius 3 is 2.23 bits per heavy atom. The molecule has 0 amide bonds. The summed E-state index contributed by atoms with van der Waals surface area (Å²) in [6, 6.07) is 0. The summed E-state index contributed by atoms with van der Waals surface area (Å²) in [6.07, 6.45) is 0.747. The van der Waals surface area contributed by atoms with Crippen molar-refractivity contribution in [3.8, 4) is 0 Å². The Bertz CT molecular complexity index is 158. The molecular formula is C9H16O4. The first-order chi connectivity index (χ1) is 6.13. The van der Waals surface area contributed by atoms with Crippen LogP contribution in [0.25, 0.3) is 0 Å². The minimum atomic E-state index is -0.351. The first-order valence-electron chi connectivity index (χ1n) is 4.40. The summed E-state index contributed by atoms with van der Waals surface area (Å²) >= 11 is 0. The van der Waals surface area contributed by atoms with Gasteiger partial charge in [0.2, 0.25) is 0 Å². The Labute approximate surface area is 78.2 Å². The van der Waals surface area contributed by atoms with Gasteiger partial charge < -0.3 is 9.47 Å². The van der Waals surface area contributed by atoms with Crippen LogP contribution in [0.3, 0.4) is 0 Å². The summed E-state index contributed by atoms with van der Waals surface area (Å²) in [6.45, 7) is 3.57. The van der Waals surface area contributed by atoms with Gasteiger partial charge in [0.05, 0.1) is 13.5 Å². The number of ether oxygens (including phenoxy) is 2. The summed E-state index contributed by atoms with van der Waals surface area (Å²) in [5.41, 5.74) is 0. The van der Waals surface area contributed by atoms with E-state index in [2.05, 4.69) is 4.74 Å². The molecule has 1 unspecified atom stereocenters. The summed E-state index contributed by atoms with van der Waals surface area (Å²) in [5.74, 6) is -0.633. The molecule has 0 spiro atoms. The van der Waals surface area contributed by atoms with Crippen LogP contribution < -0.4 is 0 Å². The molecular weight excluding hydrogens is 172 g/mol. The molecule has 0 aliphatic carbocycles. The van der Waals surface area contributed by atoms with E-state index in [0.29, 0.717) is 12.8 Å². The number of methoxy groups -OCH3 is 1. The molecule has 0 aromatic heterocycles. The number of carbonyl (C=O) groups is 2. The summed E-state index contributed by atoms with van der Waals surface area (Å²) < 4.78 is 9.45. The highest BCUT2D eigenvalue weighted by Crippen LogP contribution is 2.05. The fraction of sp³-hybridized carbons (Fsp3) is 0.778. The van der Waals surface area contributed by atoms with Gasteiger partial charge in [-0.3, -0.25) is 9.59 Å². The van der Waals surface area contributed by atoms with E-state index in [1.807, 2.05) is 6.92 Å². The van der Waals surface area contributed by atoms with Crippen molar-refractivity contribution < 1.29 is 19.1 Å². The Morgan fingerprint density at radius 2 is 1.85 bits per heavy atom. The molecule has 0 saturated carbocycles. The predicted molar refractivity (Wildman–Crippen MR) is 47.1 cm³/mol. The highest BCUT2D eigenvalue weighted by atomic mass is 16.6. The van der Waals surface area contributed by atoms with E-state index < -0.39 is 0 Å². The van der Waals surface area contributed by atoms with Crippen molar-refractivity contribution >= 4 is 11.9 Å². The molecule has 1 atom stereocenters.